The quantitative estimate of drug-likeness (QED) is 0.170. The molecule has 10 nitrogen and oxygen atoms in total. The summed E-state index contributed by atoms with van der Waals surface area (Å²) < 4.78 is 34.4. The van der Waals surface area contributed by atoms with Crippen LogP contribution in [0.5, 0.6) is 0 Å². The van der Waals surface area contributed by atoms with Crippen molar-refractivity contribution >= 4 is 79.9 Å². The summed E-state index contributed by atoms with van der Waals surface area (Å²) in [6.07, 6.45) is 2.94. The van der Waals surface area contributed by atoms with Crippen molar-refractivity contribution in [3.05, 3.63) is 122 Å². The predicted octanol–water partition coefficient (Wildman–Crippen LogP) is 6.78. The molecule has 1 fully saturated rings. The monoisotopic (exact) mass is 762 g/mol. The summed E-state index contributed by atoms with van der Waals surface area (Å²) in [5.41, 5.74) is 0.179. The minimum Gasteiger partial charge on any atom is -0.467 e. The number of amides is 2. The van der Waals surface area contributed by atoms with Gasteiger partial charge >= 0.3 is 5.97 Å². The largest absolute Gasteiger partial charge is 0.467 e. The molecule has 0 spiro atoms. The van der Waals surface area contributed by atoms with Gasteiger partial charge < -0.3 is 15.4 Å². The lowest BCUT2D eigenvalue weighted by Gasteiger charge is -2.38. The molecule has 5 rings (SSSR count). The first-order valence-corrected chi connectivity index (χ1v) is 17.8. The number of methoxy groups -OCH3 is 1. The van der Waals surface area contributed by atoms with Gasteiger partial charge in [-0.1, -0.05) is 88.9 Å². The molecule has 0 radical (unpaired) electrons. The van der Waals surface area contributed by atoms with Crippen LogP contribution in [0.2, 0.25) is 20.1 Å². The SMILES string of the molecule is COC(=O)[C@H](Cc1ccc(NC(=O)c2c(Cl)cncc2Cl)cc1)NC(=O)C1(C)[C@H](c2ccccc2)CCN1S(=O)(=O)c1cc(Cl)cc(Cl)c1. The number of pyridine rings is 1. The van der Waals surface area contributed by atoms with Crippen molar-refractivity contribution in [1.29, 1.82) is 0 Å². The van der Waals surface area contributed by atoms with E-state index in [4.69, 9.17) is 51.1 Å². The molecule has 4 aromatic rings. The maximum atomic E-state index is 14.4. The zero-order chi connectivity index (χ0) is 35.5. The fourth-order valence-corrected chi connectivity index (χ4v) is 9.03. The van der Waals surface area contributed by atoms with Gasteiger partial charge in [0, 0.05) is 47.0 Å². The van der Waals surface area contributed by atoms with Crippen LogP contribution in [0.3, 0.4) is 0 Å². The molecule has 3 aromatic carbocycles. The van der Waals surface area contributed by atoms with Crippen LogP contribution in [0.25, 0.3) is 0 Å². The first-order valence-electron chi connectivity index (χ1n) is 14.9. The number of anilines is 1. The van der Waals surface area contributed by atoms with E-state index in [1.165, 1.54) is 37.7 Å². The van der Waals surface area contributed by atoms with Crippen molar-refractivity contribution in [2.45, 2.75) is 42.2 Å². The van der Waals surface area contributed by atoms with Crippen LogP contribution >= 0.6 is 46.4 Å². The number of aromatic nitrogens is 1. The fourth-order valence-electron chi connectivity index (χ4n) is 5.98. The van der Waals surface area contributed by atoms with Gasteiger partial charge in [-0.15, -0.1) is 0 Å². The molecule has 1 saturated heterocycles. The Labute approximate surface area is 303 Å². The Bertz CT molecular complexity index is 1960. The van der Waals surface area contributed by atoms with Gasteiger partial charge in [0.15, 0.2) is 0 Å². The van der Waals surface area contributed by atoms with E-state index in [0.717, 1.165) is 9.87 Å². The molecular formula is C34H30Cl4N4O6S. The van der Waals surface area contributed by atoms with Gasteiger partial charge in [-0.25, -0.2) is 13.2 Å². The zero-order valence-electron chi connectivity index (χ0n) is 26.1. The predicted molar refractivity (Wildman–Crippen MR) is 189 cm³/mol. The first kappa shape index (κ1) is 36.6. The van der Waals surface area contributed by atoms with Gasteiger partial charge in [-0.2, -0.15) is 4.31 Å². The van der Waals surface area contributed by atoms with Crippen LogP contribution in [0.4, 0.5) is 5.69 Å². The molecule has 0 bridgehead atoms. The molecule has 1 aliphatic heterocycles. The van der Waals surface area contributed by atoms with Crippen LogP contribution in [0.15, 0.2) is 90.1 Å². The number of benzene rings is 3. The minimum atomic E-state index is -4.31. The summed E-state index contributed by atoms with van der Waals surface area (Å²) in [5, 5.41) is 5.91. The summed E-state index contributed by atoms with van der Waals surface area (Å²) in [6, 6.07) is 18.4. The molecule has 49 heavy (non-hydrogen) atoms. The van der Waals surface area contributed by atoms with Crippen LogP contribution in [-0.4, -0.2) is 60.7 Å². The van der Waals surface area contributed by atoms with Crippen LogP contribution in [0, 0.1) is 0 Å². The average Bonchev–Trinajstić information content (AvgIpc) is 3.43. The van der Waals surface area contributed by atoms with E-state index < -0.39 is 45.3 Å². The summed E-state index contributed by atoms with van der Waals surface area (Å²) in [5.74, 6) is -2.54. The van der Waals surface area contributed by atoms with E-state index in [0.29, 0.717) is 17.7 Å². The van der Waals surface area contributed by atoms with Gasteiger partial charge in [0.05, 0.1) is 27.6 Å². The second-order valence-electron chi connectivity index (χ2n) is 11.5. The zero-order valence-corrected chi connectivity index (χ0v) is 30.0. The number of hydrogen-bond donors (Lipinski definition) is 2. The summed E-state index contributed by atoms with van der Waals surface area (Å²) >= 11 is 24.5. The van der Waals surface area contributed by atoms with Crippen LogP contribution in [0.1, 0.15) is 40.7 Å². The molecule has 256 valence electrons. The molecule has 2 N–H and O–H groups in total. The van der Waals surface area contributed by atoms with E-state index in [1.807, 2.05) is 30.3 Å². The third kappa shape index (κ3) is 7.72. The summed E-state index contributed by atoms with van der Waals surface area (Å²) in [6.45, 7) is 1.56. The van der Waals surface area contributed by atoms with E-state index in [1.54, 1.807) is 31.2 Å². The normalized spacial score (nSPS) is 18.4. The van der Waals surface area contributed by atoms with E-state index in [9.17, 15) is 22.8 Å². The fraction of sp³-hybridized carbons (Fsp3) is 0.235. The molecule has 2 heterocycles. The number of carbonyl (C=O) groups is 3. The molecule has 0 saturated carbocycles. The average molecular weight is 765 g/mol. The number of hydrogen-bond acceptors (Lipinski definition) is 7. The third-order valence-electron chi connectivity index (χ3n) is 8.43. The lowest BCUT2D eigenvalue weighted by Crippen LogP contribution is -2.60. The van der Waals surface area contributed by atoms with E-state index >= 15 is 0 Å². The van der Waals surface area contributed by atoms with Gasteiger partial charge in [-0.3, -0.25) is 14.6 Å². The molecule has 1 aliphatic rings. The molecule has 1 unspecified atom stereocenters. The Morgan fingerprint density at radius 1 is 0.959 bits per heavy atom. The number of nitrogens with one attached hydrogen (secondary N) is 2. The van der Waals surface area contributed by atoms with Gasteiger partial charge in [0.2, 0.25) is 15.9 Å². The molecule has 2 amide bonds. The van der Waals surface area contributed by atoms with Crippen molar-refractivity contribution in [3.63, 3.8) is 0 Å². The number of rotatable bonds is 10. The third-order valence-corrected chi connectivity index (χ3v) is 11.4. The lowest BCUT2D eigenvalue weighted by molar-refractivity contribution is -0.146. The second-order valence-corrected chi connectivity index (χ2v) is 15.0. The Hall–Kier alpha value is -3.71. The minimum absolute atomic E-state index is 0.00259. The first-order chi connectivity index (χ1) is 23.2. The summed E-state index contributed by atoms with van der Waals surface area (Å²) in [7, 11) is -3.11. The van der Waals surface area contributed by atoms with Crippen molar-refractivity contribution in [3.8, 4) is 0 Å². The topological polar surface area (TPSA) is 135 Å². The molecule has 0 aliphatic carbocycles. The van der Waals surface area contributed by atoms with Crippen molar-refractivity contribution in [2.75, 3.05) is 19.0 Å². The maximum absolute atomic E-state index is 14.4. The smallest absolute Gasteiger partial charge is 0.328 e. The molecule has 15 heteroatoms. The molecular weight excluding hydrogens is 734 g/mol. The van der Waals surface area contributed by atoms with Gasteiger partial charge in [0.25, 0.3) is 5.91 Å². The van der Waals surface area contributed by atoms with Crippen LogP contribution in [-0.2, 0) is 30.8 Å². The maximum Gasteiger partial charge on any atom is 0.328 e. The highest BCUT2D eigenvalue weighted by Gasteiger charge is 2.56. The standard InChI is InChI=1S/C34H30Cl4N4O6S/c1-34(26(21-6-4-3-5-7-21)12-13-42(34)49(46,47)25-16-22(35)15-23(36)17-25)33(45)41-29(32(44)48-2)14-20-8-10-24(11-9-20)40-31(43)30-27(37)18-39-19-28(30)38/h3-11,15-19,26,29H,12-14H2,1-2H3,(H,40,43)(H,41,45)/t26-,29-,34?/m0/s1. The summed E-state index contributed by atoms with van der Waals surface area (Å²) in [4.78, 5) is 43.9. The molecule has 1 aromatic heterocycles. The second kappa shape index (κ2) is 15.0. The number of nitrogens with zero attached hydrogens (tertiary/aromatic N) is 2. The van der Waals surface area contributed by atoms with Crippen molar-refractivity contribution < 1.29 is 27.5 Å². The lowest BCUT2D eigenvalue weighted by atomic mass is 9.81. The van der Waals surface area contributed by atoms with E-state index in [-0.39, 0.29) is 43.5 Å². The highest BCUT2D eigenvalue weighted by Crippen LogP contribution is 2.45. The van der Waals surface area contributed by atoms with Gasteiger partial charge in [0.1, 0.15) is 11.6 Å². The van der Waals surface area contributed by atoms with E-state index in [2.05, 4.69) is 15.6 Å². The Morgan fingerprint density at radius 3 is 2.16 bits per heavy atom. The highest BCUT2D eigenvalue weighted by molar-refractivity contribution is 7.89. The Kier molecular flexibility index (Phi) is 11.2. The van der Waals surface area contributed by atoms with Crippen LogP contribution < -0.4 is 10.6 Å². The highest BCUT2D eigenvalue weighted by atomic mass is 35.5. The number of carbonyl (C=O) groups excluding carboxylic acids is 3. The number of halogens is 4. The molecule has 3 atom stereocenters. The number of sulfonamides is 1. The number of esters is 1. The number of ether oxygens (including phenoxy) is 1. The Balaban J connectivity index is 1.42. The van der Waals surface area contributed by atoms with Crippen molar-refractivity contribution in [2.24, 2.45) is 0 Å². The Morgan fingerprint density at radius 2 is 1.57 bits per heavy atom. The van der Waals surface area contributed by atoms with Crippen molar-refractivity contribution in [1.82, 2.24) is 14.6 Å². The van der Waals surface area contributed by atoms with Gasteiger partial charge in [-0.05, 0) is 54.8 Å².